The van der Waals surface area contributed by atoms with Crippen LogP contribution in [-0.2, 0) is 24.1 Å². The number of carbonyl (C=O) groups excluding carboxylic acids is 1. The first kappa shape index (κ1) is 33.5. The van der Waals surface area contributed by atoms with Crippen LogP contribution in [0, 0.1) is 5.82 Å². The fourth-order valence-electron chi connectivity index (χ4n) is 4.02. The van der Waals surface area contributed by atoms with Gasteiger partial charge in [-0.15, -0.1) is 0 Å². The third-order valence-corrected chi connectivity index (χ3v) is 8.47. The van der Waals surface area contributed by atoms with Crippen molar-refractivity contribution in [3.05, 3.63) is 116 Å². The molecule has 0 atom stereocenters. The van der Waals surface area contributed by atoms with Crippen molar-refractivity contribution < 1.29 is 9.18 Å². The highest BCUT2D eigenvalue weighted by Gasteiger charge is 2.07. The zero-order chi connectivity index (χ0) is 30.5. The van der Waals surface area contributed by atoms with Crippen LogP contribution in [0.15, 0.2) is 93.4 Å². The van der Waals surface area contributed by atoms with Gasteiger partial charge in [-0.1, -0.05) is 85.7 Å². The van der Waals surface area contributed by atoms with Crippen LogP contribution in [0.3, 0.4) is 0 Å². The normalized spacial score (nSPS) is 10.7. The van der Waals surface area contributed by atoms with Gasteiger partial charge in [-0.25, -0.2) is 4.39 Å². The van der Waals surface area contributed by atoms with E-state index in [9.17, 15) is 14.0 Å². The number of likely N-dealkylation sites (N-methyl/N-ethyl adjacent to an activating group) is 1. The Hall–Kier alpha value is -2.98. The van der Waals surface area contributed by atoms with E-state index in [1.54, 1.807) is 22.9 Å². The van der Waals surface area contributed by atoms with E-state index in [0.717, 1.165) is 59.9 Å². The molecule has 4 rings (SSSR count). The Labute approximate surface area is 264 Å². The minimum absolute atomic E-state index is 0.252. The zero-order valence-electron chi connectivity index (χ0n) is 24.0. The lowest BCUT2D eigenvalue weighted by molar-refractivity contribution is -0.118. The van der Waals surface area contributed by atoms with Crippen LogP contribution < -0.4 is 5.56 Å². The summed E-state index contributed by atoms with van der Waals surface area (Å²) in [5.74, 6) is 0.389. The van der Waals surface area contributed by atoms with Gasteiger partial charge in [-0.05, 0) is 75.5 Å². The van der Waals surface area contributed by atoms with Gasteiger partial charge in [-0.2, -0.15) is 4.98 Å². The van der Waals surface area contributed by atoms with E-state index in [0.29, 0.717) is 21.9 Å². The number of nitrogens with zero attached hydrogens (tertiary/aromatic N) is 4. The smallest absolute Gasteiger partial charge is 0.287 e. The predicted octanol–water partition coefficient (Wildman–Crippen LogP) is 7.28. The molecule has 4 aromatic rings. The van der Waals surface area contributed by atoms with E-state index in [-0.39, 0.29) is 11.4 Å². The summed E-state index contributed by atoms with van der Waals surface area (Å²) >= 11 is 10.5. The molecule has 222 valence electrons. The zero-order valence-corrected chi connectivity index (χ0v) is 27.1. The maximum Gasteiger partial charge on any atom is 0.287 e. The summed E-state index contributed by atoms with van der Waals surface area (Å²) in [7, 11) is 1.82. The Morgan fingerprint density at radius 2 is 1.50 bits per heavy atom. The third kappa shape index (κ3) is 10.7. The van der Waals surface area contributed by atoms with Crippen molar-refractivity contribution in [2.45, 2.75) is 31.3 Å². The van der Waals surface area contributed by atoms with Gasteiger partial charge in [0, 0.05) is 43.7 Å². The lowest BCUT2D eigenvalue weighted by Gasteiger charge is -2.23. The Morgan fingerprint density at radius 1 is 0.929 bits per heavy atom. The predicted molar refractivity (Wildman–Crippen MR) is 174 cm³/mol. The molecule has 0 spiro atoms. The number of carbonyl (C=O) groups is 1. The second-order valence-electron chi connectivity index (χ2n) is 9.51. The molecular formula is C32H35BrClFN4O2S. The molecule has 1 aromatic heterocycles. The number of hydrogen-bond donors (Lipinski definition) is 0. The number of hydrogen-bond acceptors (Lipinski definition) is 5. The van der Waals surface area contributed by atoms with Gasteiger partial charge < -0.3 is 14.4 Å². The third-order valence-electron chi connectivity index (χ3n) is 6.56. The number of benzene rings is 3. The molecule has 3 aromatic carbocycles. The molecule has 0 fully saturated rings. The molecule has 0 unspecified atom stereocenters. The molecule has 0 aliphatic carbocycles. The van der Waals surface area contributed by atoms with Crippen LogP contribution in [0.2, 0.25) is 5.02 Å². The molecule has 0 aliphatic heterocycles. The molecule has 1 amide bonds. The summed E-state index contributed by atoms with van der Waals surface area (Å²) in [6.07, 6.45) is 2.62. The number of amides is 1. The van der Waals surface area contributed by atoms with Crippen LogP contribution in [0.25, 0.3) is 11.1 Å². The van der Waals surface area contributed by atoms with Gasteiger partial charge >= 0.3 is 0 Å². The van der Waals surface area contributed by atoms with Crippen LogP contribution in [-0.4, -0.2) is 51.9 Å². The molecule has 0 saturated carbocycles. The van der Waals surface area contributed by atoms with Gasteiger partial charge in [0.25, 0.3) is 5.56 Å². The minimum atomic E-state index is -0.283. The van der Waals surface area contributed by atoms with Crippen molar-refractivity contribution in [2.24, 2.45) is 7.05 Å². The fourth-order valence-corrected chi connectivity index (χ4v) is 5.43. The Bertz CT molecular complexity index is 1460. The molecule has 42 heavy (non-hydrogen) atoms. The molecule has 0 saturated heterocycles. The summed E-state index contributed by atoms with van der Waals surface area (Å²) in [5, 5.41) is 1.37. The summed E-state index contributed by atoms with van der Waals surface area (Å²) in [5.41, 5.74) is 4.13. The Balaban J connectivity index is 0.000000240. The molecular weight excluding hydrogens is 639 g/mol. The molecule has 1 heterocycles. The SMILES string of the molecule is CCN(CC)CCN(C=O)Cc1ccc(-c2ccc(Cl)cc2)cc1.Cn1cc(Br)c(=O)nc1SCc1ccc(F)cc1. The average Bonchev–Trinajstić information content (AvgIpc) is 3.00. The van der Waals surface area contributed by atoms with Crippen LogP contribution in [0.1, 0.15) is 25.0 Å². The van der Waals surface area contributed by atoms with E-state index in [4.69, 9.17) is 11.6 Å². The van der Waals surface area contributed by atoms with Crippen LogP contribution >= 0.6 is 39.3 Å². The molecule has 10 heteroatoms. The second-order valence-corrected chi connectivity index (χ2v) is 11.7. The number of thioether (sulfide) groups is 1. The van der Waals surface area contributed by atoms with Crippen molar-refractivity contribution in [1.82, 2.24) is 19.4 Å². The van der Waals surface area contributed by atoms with Gasteiger partial charge in [-0.3, -0.25) is 9.59 Å². The van der Waals surface area contributed by atoms with Gasteiger partial charge in [0.15, 0.2) is 5.16 Å². The Kier molecular flexibility index (Phi) is 13.7. The number of halogens is 3. The minimum Gasteiger partial charge on any atom is -0.340 e. The summed E-state index contributed by atoms with van der Waals surface area (Å²) in [6, 6.07) is 22.4. The van der Waals surface area contributed by atoms with E-state index in [1.165, 1.54) is 23.9 Å². The summed E-state index contributed by atoms with van der Waals surface area (Å²) < 4.78 is 15.0. The topological polar surface area (TPSA) is 58.4 Å². The van der Waals surface area contributed by atoms with Crippen LogP contribution in [0.4, 0.5) is 4.39 Å². The van der Waals surface area contributed by atoms with Crippen molar-refractivity contribution in [3.8, 4) is 11.1 Å². The summed E-state index contributed by atoms with van der Waals surface area (Å²) in [6.45, 7) is 8.62. The molecule has 0 aliphatic rings. The molecule has 6 nitrogen and oxygen atoms in total. The van der Waals surface area contributed by atoms with Crippen molar-refractivity contribution in [2.75, 3.05) is 26.2 Å². The van der Waals surface area contributed by atoms with Crippen molar-refractivity contribution in [1.29, 1.82) is 0 Å². The number of aromatic nitrogens is 2. The Morgan fingerprint density at radius 3 is 2.07 bits per heavy atom. The monoisotopic (exact) mass is 672 g/mol. The first-order valence-electron chi connectivity index (χ1n) is 13.6. The quantitative estimate of drug-likeness (QED) is 0.0899. The van der Waals surface area contributed by atoms with Gasteiger partial charge in [0.2, 0.25) is 6.41 Å². The first-order chi connectivity index (χ1) is 20.2. The highest BCUT2D eigenvalue weighted by Crippen LogP contribution is 2.22. The van der Waals surface area contributed by atoms with E-state index >= 15 is 0 Å². The number of aryl methyl sites for hydroxylation is 1. The van der Waals surface area contributed by atoms with E-state index in [1.807, 2.05) is 36.2 Å². The molecule has 0 radical (unpaired) electrons. The highest BCUT2D eigenvalue weighted by molar-refractivity contribution is 9.10. The largest absolute Gasteiger partial charge is 0.340 e. The number of rotatable bonds is 12. The van der Waals surface area contributed by atoms with Gasteiger partial charge in [0.1, 0.15) is 10.3 Å². The lowest BCUT2D eigenvalue weighted by atomic mass is 10.0. The second kappa shape index (κ2) is 17.2. The standard InChI is InChI=1S/C20H25ClN2O.C12H10BrFN2OS/c1-3-22(4-2)13-14-23(16-24)15-17-5-7-18(8-6-17)19-9-11-20(21)12-10-19;1-16-6-10(13)11(17)15-12(16)18-7-8-2-4-9(14)5-3-8/h5-12,16H,3-4,13-15H2,1-2H3;2-6H,7H2,1H3. The fraction of sp³-hybridized carbons (Fsp3) is 0.281. The maximum absolute atomic E-state index is 12.7. The van der Waals surface area contributed by atoms with E-state index in [2.05, 4.69) is 63.9 Å². The maximum atomic E-state index is 12.7. The summed E-state index contributed by atoms with van der Waals surface area (Å²) in [4.78, 5) is 30.8. The molecule has 0 bridgehead atoms. The molecule has 0 N–H and O–H groups in total. The highest BCUT2D eigenvalue weighted by atomic mass is 79.9. The van der Waals surface area contributed by atoms with Crippen molar-refractivity contribution >= 4 is 45.7 Å². The average molecular weight is 674 g/mol. The van der Waals surface area contributed by atoms with Crippen molar-refractivity contribution in [3.63, 3.8) is 0 Å². The lowest BCUT2D eigenvalue weighted by Crippen LogP contribution is -2.34. The van der Waals surface area contributed by atoms with Gasteiger partial charge in [0.05, 0.1) is 0 Å². The van der Waals surface area contributed by atoms with Crippen LogP contribution in [0.5, 0.6) is 0 Å². The first-order valence-corrected chi connectivity index (χ1v) is 15.7. The van der Waals surface area contributed by atoms with E-state index < -0.39 is 0 Å².